The Morgan fingerprint density at radius 2 is 1.64 bits per heavy atom. The highest BCUT2D eigenvalue weighted by Crippen LogP contribution is 2.29. The molecule has 106 valence electrons. The number of benzene rings is 2. The molecular formula is C19H14N2S. The molecule has 0 unspecified atom stereocenters. The first kappa shape index (κ1) is 13.2. The van der Waals surface area contributed by atoms with Crippen molar-refractivity contribution in [3.63, 3.8) is 0 Å². The minimum Gasteiger partial charge on any atom is -0.228 e. The zero-order valence-electron chi connectivity index (χ0n) is 12.2. The third-order valence-electron chi connectivity index (χ3n) is 3.71. The van der Waals surface area contributed by atoms with Crippen molar-refractivity contribution < 1.29 is 0 Å². The fourth-order valence-electron chi connectivity index (χ4n) is 2.53. The lowest BCUT2D eigenvalue weighted by Gasteiger charge is -2.08. The molecule has 0 aliphatic carbocycles. The molecule has 2 aromatic carbocycles. The Kier molecular flexibility index (Phi) is 3.20. The van der Waals surface area contributed by atoms with Crippen molar-refractivity contribution in [2.24, 2.45) is 0 Å². The van der Waals surface area contributed by atoms with Crippen molar-refractivity contribution in [3.8, 4) is 22.6 Å². The van der Waals surface area contributed by atoms with Crippen LogP contribution in [0.2, 0.25) is 0 Å². The minimum absolute atomic E-state index is 0.788. The van der Waals surface area contributed by atoms with Crippen molar-refractivity contribution in [1.82, 2.24) is 9.97 Å². The first-order valence-corrected chi connectivity index (χ1v) is 8.12. The molecule has 2 heterocycles. The molecular weight excluding hydrogens is 288 g/mol. The summed E-state index contributed by atoms with van der Waals surface area (Å²) in [5, 5.41) is 5.23. The molecule has 4 aromatic rings. The summed E-state index contributed by atoms with van der Waals surface area (Å²) in [4.78, 5) is 9.56. The van der Waals surface area contributed by atoms with Crippen LogP contribution in [-0.2, 0) is 0 Å². The lowest BCUT2D eigenvalue weighted by Crippen LogP contribution is -1.94. The largest absolute Gasteiger partial charge is 0.228 e. The Morgan fingerprint density at radius 3 is 2.41 bits per heavy atom. The van der Waals surface area contributed by atoms with Gasteiger partial charge in [-0.15, -0.1) is 0 Å². The van der Waals surface area contributed by atoms with Gasteiger partial charge in [-0.1, -0.05) is 48.0 Å². The second-order valence-electron chi connectivity index (χ2n) is 5.29. The maximum absolute atomic E-state index is 4.84. The van der Waals surface area contributed by atoms with Crippen LogP contribution in [0.25, 0.3) is 33.5 Å². The van der Waals surface area contributed by atoms with Gasteiger partial charge in [0.1, 0.15) is 0 Å². The first-order valence-electron chi connectivity index (χ1n) is 7.18. The summed E-state index contributed by atoms with van der Waals surface area (Å²) in [6.45, 7) is 2.10. The van der Waals surface area contributed by atoms with E-state index in [0.717, 1.165) is 33.5 Å². The maximum atomic E-state index is 4.84. The van der Waals surface area contributed by atoms with E-state index in [9.17, 15) is 0 Å². The van der Waals surface area contributed by atoms with Crippen LogP contribution in [0.15, 0.2) is 65.4 Å². The maximum Gasteiger partial charge on any atom is 0.161 e. The molecule has 0 spiro atoms. The Hall–Kier alpha value is -2.52. The number of hydrogen-bond acceptors (Lipinski definition) is 3. The van der Waals surface area contributed by atoms with Gasteiger partial charge < -0.3 is 0 Å². The van der Waals surface area contributed by atoms with E-state index in [0.29, 0.717) is 0 Å². The van der Waals surface area contributed by atoms with Gasteiger partial charge in [-0.2, -0.15) is 11.3 Å². The second kappa shape index (κ2) is 5.35. The molecule has 0 amide bonds. The number of aryl methyl sites for hydroxylation is 1. The molecule has 0 aliphatic rings. The highest BCUT2D eigenvalue weighted by Gasteiger charge is 2.11. The molecule has 3 heteroatoms. The smallest absolute Gasteiger partial charge is 0.161 e. The average Bonchev–Trinajstić information content (AvgIpc) is 3.09. The van der Waals surface area contributed by atoms with E-state index in [1.807, 2.05) is 18.2 Å². The zero-order chi connectivity index (χ0) is 14.9. The predicted octanol–water partition coefficient (Wildman–Crippen LogP) is 5.33. The van der Waals surface area contributed by atoms with E-state index in [1.54, 1.807) is 11.3 Å². The molecule has 0 atom stereocenters. The topological polar surface area (TPSA) is 25.8 Å². The van der Waals surface area contributed by atoms with E-state index in [2.05, 4.69) is 54.1 Å². The summed E-state index contributed by atoms with van der Waals surface area (Å²) in [6, 6.07) is 18.7. The van der Waals surface area contributed by atoms with E-state index >= 15 is 0 Å². The Labute approximate surface area is 133 Å². The normalized spacial score (nSPS) is 11.0. The molecule has 0 saturated carbocycles. The Bertz CT molecular complexity index is 925. The van der Waals surface area contributed by atoms with Gasteiger partial charge in [0.25, 0.3) is 0 Å². The predicted molar refractivity (Wildman–Crippen MR) is 93.0 cm³/mol. The number of nitrogens with zero attached hydrogens (tertiary/aromatic N) is 2. The van der Waals surface area contributed by atoms with Crippen LogP contribution < -0.4 is 0 Å². The summed E-state index contributed by atoms with van der Waals surface area (Å²) in [6.07, 6.45) is 0. The molecule has 4 rings (SSSR count). The van der Waals surface area contributed by atoms with E-state index < -0.39 is 0 Å². The van der Waals surface area contributed by atoms with Crippen molar-refractivity contribution in [3.05, 3.63) is 70.9 Å². The van der Waals surface area contributed by atoms with Crippen molar-refractivity contribution in [2.45, 2.75) is 6.92 Å². The summed E-state index contributed by atoms with van der Waals surface area (Å²) < 4.78 is 0. The summed E-state index contributed by atoms with van der Waals surface area (Å²) in [7, 11) is 0. The number of rotatable bonds is 2. The number of aromatic nitrogens is 2. The minimum atomic E-state index is 0.788. The standard InChI is InChI=1S/C19H14N2S/c1-13-6-8-14(9-7-13)18-16-4-2-3-5-17(16)20-19(21-18)15-10-11-22-12-15/h2-12H,1H3. The zero-order valence-corrected chi connectivity index (χ0v) is 13.0. The molecule has 0 saturated heterocycles. The fraction of sp³-hybridized carbons (Fsp3) is 0.0526. The molecule has 0 fully saturated rings. The van der Waals surface area contributed by atoms with Crippen LogP contribution in [0.4, 0.5) is 0 Å². The Morgan fingerprint density at radius 1 is 0.818 bits per heavy atom. The van der Waals surface area contributed by atoms with Gasteiger partial charge in [0.2, 0.25) is 0 Å². The van der Waals surface area contributed by atoms with Gasteiger partial charge in [0.15, 0.2) is 5.82 Å². The second-order valence-corrected chi connectivity index (χ2v) is 6.07. The van der Waals surface area contributed by atoms with Crippen LogP contribution in [0.5, 0.6) is 0 Å². The molecule has 2 aromatic heterocycles. The quantitative estimate of drug-likeness (QED) is 0.500. The molecule has 0 radical (unpaired) electrons. The van der Waals surface area contributed by atoms with Crippen LogP contribution in [0, 0.1) is 6.92 Å². The van der Waals surface area contributed by atoms with Crippen molar-refractivity contribution >= 4 is 22.2 Å². The first-order chi connectivity index (χ1) is 10.8. The number of fused-ring (bicyclic) bond motifs is 1. The summed E-state index contributed by atoms with van der Waals surface area (Å²) >= 11 is 1.66. The van der Waals surface area contributed by atoms with Gasteiger partial charge in [-0.25, -0.2) is 9.97 Å². The third kappa shape index (κ3) is 2.30. The number of thiophene rings is 1. The molecule has 0 aliphatic heterocycles. The van der Waals surface area contributed by atoms with Gasteiger partial charge in [0, 0.05) is 21.9 Å². The van der Waals surface area contributed by atoms with Crippen LogP contribution >= 0.6 is 11.3 Å². The molecule has 0 N–H and O–H groups in total. The fourth-order valence-corrected chi connectivity index (χ4v) is 3.16. The van der Waals surface area contributed by atoms with E-state index in [-0.39, 0.29) is 0 Å². The molecule has 2 nitrogen and oxygen atoms in total. The van der Waals surface area contributed by atoms with Gasteiger partial charge in [0.05, 0.1) is 11.2 Å². The lowest BCUT2D eigenvalue weighted by atomic mass is 10.0. The lowest BCUT2D eigenvalue weighted by molar-refractivity contribution is 1.23. The average molecular weight is 302 g/mol. The SMILES string of the molecule is Cc1ccc(-c2nc(-c3ccsc3)nc3ccccc23)cc1. The highest BCUT2D eigenvalue weighted by atomic mass is 32.1. The monoisotopic (exact) mass is 302 g/mol. The number of para-hydroxylation sites is 1. The summed E-state index contributed by atoms with van der Waals surface area (Å²) in [5.74, 6) is 0.788. The summed E-state index contributed by atoms with van der Waals surface area (Å²) in [5.41, 5.74) is 5.42. The Balaban J connectivity index is 2.01. The van der Waals surface area contributed by atoms with Gasteiger partial charge in [-0.05, 0) is 24.4 Å². The number of hydrogen-bond donors (Lipinski definition) is 0. The van der Waals surface area contributed by atoms with Gasteiger partial charge in [-0.3, -0.25) is 0 Å². The molecule has 0 bridgehead atoms. The highest BCUT2D eigenvalue weighted by molar-refractivity contribution is 7.08. The van der Waals surface area contributed by atoms with Crippen LogP contribution in [0.3, 0.4) is 0 Å². The third-order valence-corrected chi connectivity index (χ3v) is 4.39. The molecule has 22 heavy (non-hydrogen) atoms. The van der Waals surface area contributed by atoms with E-state index in [1.165, 1.54) is 5.56 Å². The van der Waals surface area contributed by atoms with Crippen molar-refractivity contribution in [1.29, 1.82) is 0 Å². The van der Waals surface area contributed by atoms with Gasteiger partial charge >= 0.3 is 0 Å². The van der Waals surface area contributed by atoms with Crippen molar-refractivity contribution in [2.75, 3.05) is 0 Å². The van der Waals surface area contributed by atoms with E-state index in [4.69, 9.17) is 9.97 Å². The van der Waals surface area contributed by atoms with Crippen LogP contribution in [-0.4, -0.2) is 9.97 Å². The van der Waals surface area contributed by atoms with Crippen LogP contribution in [0.1, 0.15) is 5.56 Å².